The van der Waals surface area contributed by atoms with E-state index in [0.717, 1.165) is 19.6 Å². The van der Waals surface area contributed by atoms with Gasteiger partial charge in [0.05, 0.1) is 10.6 Å². The summed E-state index contributed by atoms with van der Waals surface area (Å²) in [5, 5.41) is -0.0954. The molecule has 0 saturated carbocycles. The van der Waals surface area contributed by atoms with Gasteiger partial charge in [-0.3, -0.25) is 0 Å². The summed E-state index contributed by atoms with van der Waals surface area (Å²) in [6.45, 7) is 3.68. The normalized spacial score (nSPS) is 16.1. The number of nitrogens with zero attached hydrogens (tertiary/aromatic N) is 3. The van der Waals surface area contributed by atoms with Crippen LogP contribution in [0.2, 0.25) is 5.02 Å². The van der Waals surface area contributed by atoms with Crippen molar-refractivity contribution in [3.8, 4) is 11.4 Å². The molecule has 1 saturated heterocycles. The summed E-state index contributed by atoms with van der Waals surface area (Å²) in [5.74, 6) is -1.12. The summed E-state index contributed by atoms with van der Waals surface area (Å²) in [5.41, 5.74) is -0.156. The van der Waals surface area contributed by atoms with E-state index in [2.05, 4.69) is 9.88 Å². The molecule has 1 aromatic carbocycles. The molecule has 118 valence electrons. The minimum atomic E-state index is -0.757. The third-order valence-corrected chi connectivity index (χ3v) is 4.38. The van der Waals surface area contributed by atoms with Crippen molar-refractivity contribution in [2.75, 3.05) is 19.6 Å². The molecule has 6 heteroatoms. The maximum absolute atomic E-state index is 14.2. The van der Waals surface area contributed by atoms with E-state index in [0.29, 0.717) is 6.54 Å². The molecule has 0 bridgehead atoms. The van der Waals surface area contributed by atoms with Crippen molar-refractivity contribution in [2.24, 2.45) is 0 Å². The Kier molecular flexibility index (Phi) is 4.74. The molecule has 0 radical (unpaired) electrons. The minimum absolute atomic E-state index is 0.0954. The quantitative estimate of drug-likeness (QED) is 0.793. The molecule has 3 nitrogen and oxygen atoms in total. The summed E-state index contributed by atoms with van der Waals surface area (Å²) in [7, 11) is 0. The van der Waals surface area contributed by atoms with E-state index in [1.165, 1.54) is 31.4 Å². The highest BCUT2D eigenvalue weighted by Crippen LogP contribution is 2.29. The first-order valence-electron chi connectivity index (χ1n) is 7.54. The zero-order valence-corrected chi connectivity index (χ0v) is 13.0. The highest BCUT2D eigenvalue weighted by atomic mass is 35.5. The average Bonchev–Trinajstić information content (AvgIpc) is 2.99. The molecule has 0 aliphatic carbocycles. The molecule has 3 rings (SSSR count). The van der Waals surface area contributed by atoms with E-state index in [1.807, 2.05) is 0 Å². The molecule has 1 fully saturated rings. The van der Waals surface area contributed by atoms with E-state index in [-0.39, 0.29) is 16.4 Å². The van der Waals surface area contributed by atoms with Gasteiger partial charge in [0.15, 0.2) is 5.82 Å². The first-order valence-corrected chi connectivity index (χ1v) is 7.92. The molecule has 0 unspecified atom stereocenters. The fourth-order valence-electron chi connectivity index (χ4n) is 2.88. The second kappa shape index (κ2) is 6.75. The Labute approximate surface area is 133 Å². The summed E-state index contributed by atoms with van der Waals surface area (Å²) in [6.07, 6.45) is 7.03. The van der Waals surface area contributed by atoms with Crippen LogP contribution in [0.5, 0.6) is 0 Å². The first-order chi connectivity index (χ1) is 10.7. The van der Waals surface area contributed by atoms with Gasteiger partial charge in [-0.25, -0.2) is 13.8 Å². The third kappa shape index (κ3) is 3.15. The first kappa shape index (κ1) is 15.4. The number of hydrogen-bond acceptors (Lipinski definition) is 2. The number of imidazole rings is 1. The summed E-state index contributed by atoms with van der Waals surface area (Å²) in [4.78, 5) is 6.49. The molecular weight excluding hydrogens is 308 g/mol. The third-order valence-electron chi connectivity index (χ3n) is 4.09. The molecule has 0 atom stereocenters. The van der Waals surface area contributed by atoms with E-state index in [4.69, 9.17) is 11.6 Å². The highest BCUT2D eigenvalue weighted by molar-refractivity contribution is 6.31. The highest BCUT2D eigenvalue weighted by Gasteiger charge is 2.19. The maximum atomic E-state index is 14.2. The van der Waals surface area contributed by atoms with Crippen LogP contribution in [0.4, 0.5) is 8.78 Å². The standard InChI is InChI=1S/C16H18ClF2N3/c17-12-4-5-13(18)14(15(12)19)16-20-6-9-22(16)11-10-21-7-2-1-3-8-21/h4-6,9H,1-3,7-8,10-11H2. The lowest BCUT2D eigenvalue weighted by molar-refractivity contribution is 0.221. The Morgan fingerprint density at radius 1 is 1.09 bits per heavy atom. The minimum Gasteiger partial charge on any atom is -0.330 e. The van der Waals surface area contributed by atoms with Gasteiger partial charge < -0.3 is 9.47 Å². The predicted octanol–water partition coefficient (Wildman–Crippen LogP) is 3.97. The van der Waals surface area contributed by atoms with Gasteiger partial charge in [-0.15, -0.1) is 0 Å². The second-order valence-corrected chi connectivity index (χ2v) is 5.97. The molecule has 2 aromatic rings. The molecule has 1 aliphatic heterocycles. The van der Waals surface area contributed by atoms with Crippen LogP contribution in [0.15, 0.2) is 24.5 Å². The Hall–Kier alpha value is -1.46. The number of benzene rings is 1. The molecule has 0 amide bonds. The molecule has 2 heterocycles. The zero-order chi connectivity index (χ0) is 15.5. The maximum Gasteiger partial charge on any atom is 0.155 e. The van der Waals surface area contributed by atoms with Crippen molar-refractivity contribution in [3.63, 3.8) is 0 Å². The topological polar surface area (TPSA) is 21.1 Å². The van der Waals surface area contributed by atoms with Crippen molar-refractivity contribution in [2.45, 2.75) is 25.8 Å². The number of likely N-dealkylation sites (tertiary alicyclic amines) is 1. The van der Waals surface area contributed by atoms with Crippen molar-refractivity contribution in [3.05, 3.63) is 41.2 Å². The summed E-state index contributed by atoms with van der Waals surface area (Å²) < 4.78 is 30.0. The number of hydrogen-bond donors (Lipinski definition) is 0. The second-order valence-electron chi connectivity index (χ2n) is 5.56. The van der Waals surface area contributed by atoms with Crippen molar-refractivity contribution >= 4 is 11.6 Å². The molecule has 1 aliphatic rings. The van der Waals surface area contributed by atoms with Crippen molar-refractivity contribution in [1.82, 2.24) is 14.5 Å². The van der Waals surface area contributed by atoms with Gasteiger partial charge in [0.2, 0.25) is 0 Å². The van der Waals surface area contributed by atoms with Gasteiger partial charge in [0.1, 0.15) is 11.6 Å². The van der Waals surface area contributed by atoms with Gasteiger partial charge in [-0.1, -0.05) is 18.0 Å². The Morgan fingerprint density at radius 2 is 1.86 bits per heavy atom. The lowest BCUT2D eigenvalue weighted by Gasteiger charge is -2.26. The van der Waals surface area contributed by atoms with Gasteiger partial charge >= 0.3 is 0 Å². The van der Waals surface area contributed by atoms with Crippen LogP contribution >= 0.6 is 11.6 Å². The van der Waals surface area contributed by atoms with Gasteiger partial charge in [0.25, 0.3) is 0 Å². The Balaban J connectivity index is 1.81. The van der Waals surface area contributed by atoms with Gasteiger partial charge in [-0.2, -0.15) is 0 Å². The fraction of sp³-hybridized carbons (Fsp3) is 0.438. The monoisotopic (exact) mass is 325 g/mol. The SMILES string of the molecule is Fc1ccc(Cl)c(F)c1-c1nccn1CCN1CCCCC1. The van der Waals surface area contributed by atoms with Crippen LogP contribution in [0, 0.1) is 11.6 Å². The van der Waals surface area contributed by atoms with Crippen LogP contribution in [0.1, 0.15) is 19.3 Å². The average molecular weight is 326 g/mol. The zero-order valence-electron chi connectivity index (χ0n) is 12.2. The lowest BCUT2D eigenvalue weighted by Crippen LogP contribution is -2.32. The molecule has 0 N–H and O–H groups in total. The van der Waals surface area contributed by atoms with Crippen LogP contribution in [0.25, 0.3) is 11.4 Å². The van der Waals surface area contributed by atoms with Crippen LogP contribution in [0.3, 0.4) is 0 Å². The number of halogens is 3. The molecular formula is C16H18ClF2N3. The lowest BCUT2D eigenvalue weighted by atomic mass is 10.1. The Bertz CT molecular complexity index is 651. The van der Waals surface area contributed by atoms with Gasteiger partial charge in [-0.05, 0) is 38.1 Å². The van der Waals surface area contributed by atoms with E-state index < -0.39 is 11.6 Å². The van der Waals surface area contributed by atoms with Crippen molar-refractivity contribution in [1.29, 1.82) is 0 Å². The van der Waals surface area contributed by atoms with E-state index in [1.54, 1.807) is 17.0 Å². The predicted molar refractivity (Wildman–Crippen MR) is 82.9 cm³/mol. The number of aromatic nitrogens is 2. The molecule has 1 aromatic heterocycles. The van der Waals surface area contributed by atoms with E-state index >= 15 is 0 Å². The fourth-order valence-corrected chi connectivity index (χ4v) is 3.04. The molecule has 0 spiro atoms. The Morgan fingerprint density at radius 3 is 2.64 bits per heavy atom. The molecule has 22 heavy (non-hydrogen) atoms. The number of rotatable bonds is 4. The van der Waals surface area contributed by atoms with E-state index in [9.17, 15) is 8.78 Å². The largest absolute Gasteiger partial charge is 0.330 e. The van der Waals surface area contributed by atoms with Crippen molar-refractivity contribution < 1.29 is 8.78 Å². The van der Waals surface area contributed by atoms with Crippen LogP contribution < -0.4 is 0 Å². The summed E-state index contributed by atoms with van der Waals surface area (Å²) >= 11 is 5.77. The summed E-state index contributed by atoms with van der Waals surface area (Å²) in [6, 6.07) is 2.39. The smallest absolute Gasteiger partial charge is 0.155 e. The van der Waals surface area contributed by atoms with Crippen LogP contribution in [-0.4, -0.2) is 34.1 Å². The van der Waals surface area contributed by atoms with Crippen LogP contribution in [-0.2, 0) is 6.54 Å². The van der Waals surface area contributed by atoms with Gasteiger partial charge in [0, 0.05) is 25.5 Å². The number of piperidine rings is 1.